The third-order valence-electron chi connectivity index (χ3n) is 9.05. The molecule has 0 unspecified atom stereocenters. The lowest BCUT2D eigenvalue weighted by atomic mass is 10.1. The zero-order valence-corrected chi connectivity index (χ0v) is 33.0. The van der Waals surface area contributed by atoms with E-state index in [4.69, 9.17) is 9.47 Å². The predicted octanol–water partition coefficient (Wildman–Crippen LogP) is 11.1. The van der Waals surface area contributed by atoms with Gasteiger partial charge in [0.15, 0.2) is 46.5 Å². The first-order chi connectivity index (χ1) is 31.7. The summed E-state index contributed by atoms with van der Waals surface area (Å²) in [5, 5.41) is 0. The molecule has 0 aromatic heterocycles. The second-order valence-corrected chi connectivity index (χ2v) is 13.4. The molecule has 0 amide bonds. The number of rotatable bonds is 4. The fourth-order valence-electron chi connectivity index (χ4n) is 5.64. The Morgan fingerprint density at radius 3 is 0.758 bits per heavy atom. The first-order valence-electron chi connectivity index (χ1n) is 18.7. The lowest BCUT2D eigenvalue weighted by molar-refractivity contribution is 0.0692. The van der Waals surface area contributed by atoms with Crippen molar-refractivity contribution >= 4 is 11.9 Å². The molecule has 0 radical (unpaired) electrons. The van der Waals surface area contributed by atoms with Crippen LogP contribution in [0.25, 0.3) is 0 Å². The van der Waals surface area contributed by atoms with Crippen LogP contribution in [-0.4, -0.2) is 11.9 Å². The summed E-state index contributed by atoms with van der Waals surface area (Å²) >= 11 is 0. The van der Waals surface area contributed by atoms with Crippen molar-refractivity contribution in [1.82, 2.24) is 0 Å². The fraction of sp³-hybridized carbons (Fsp3) is 0. The van der Waals surface area contributed by atoms with E-state index in [1.165, 1.54) is 97.1 Å². The van der Waals surface area contributed by atoms with E-state index >= 15 is 0 Å². The highest BCUT2D eigenvalue weighted by Gasteiger charge is 2.26. The van der Waals surface area contributed by atoms with Crippen LogP contribution in [0.15, 0.2) is 121 Å². The first-order valence-corrected chi connectivity index (χ1v) is 18.7. The highest BCUT2D eigenvalue weighted by Crippen LogP contribution is 2.25. The van der Waals surface area contributed by atoms with E-state index in [1.54, 1.807) is 24.3 Å². The van der Waals surface area contributed by atoms with Gasteiger partial charge in [0.2, 0.25) is 11.6 Å². The number of carbonyl (C=O) groups is 2. The maximum atomic E-state index is 13.9. The number of carbonyl (C=O) groups excluding carboxylic acids is 2. The van der Waals surface area contributed by atoms with Crippen LogP contribution in [0.4, 0.5) is 43.9 Å². The highest BCUT2D eigenvalue weighted by atomic mass is 19.2. The monoisotopic (exact) mass is 898 g/mol. The zero-order chi connectivity index (χ0) is 47.1. The van der Waals surface area contributed by atoms with Crippen molar-refractivity contribution in [3.8, 4) is 58.9 Å². The SMILES string of the molecule is O=C(Oc1ccc(C#Cc2ccc(C#Cc3c(F)c(F)c(F)c(F)c3F)cc2)cc1)c1ccccc1C(=O)Oc1ccc(C#Cc2ccc(C#Cc3c(F)c(F)c(F)c(F)c3F)cc2)cc1. The van der Waals surface area contributed by atoms with Gasteiger partial charge in [-0.15, -0.1) is 0 Å². The van der Waals surface area contributed by atoms with Crippen molar-refractivity contribution in [2.24, 2.45) is 0 Å². The molecule has 7 aromatic carbocycles. The maximum Gasteiger partial charge on any atom is 0.344 e. The normalized spacial score (nSPS) is 10.2. The van der Waals surface area contributed by atoms with Gasteiger partial charge >= 0.3 is 11.9 Å². The predicted molar refractivity (Wildman–Crippen MR) is 219 cm³/mol. The van der Waals surface area contributed by atoms with Gasteiger partial charge in [-0.3, -0.25) is 0 Å². The fourth-order valence-corrected chi connectivity index (χ4v) is 5.64. The number of hydrogen-bond donors (Lipinski definition) is 0. The molecule has 0 aliphatic carbocycles. The molecule has 0 saturated heterocycles. The minimum Gasteiger partial charge on any atom is -0.423 e. The van der Waals surface area contributed by atoms with Gasteiger partial charge in [-0.1, -0.05) is 59.5 Å². The Morgan fingerprint density at radius 1 is 0.288 bits per heavy atom. The minimum atomic E-state index is -2.28. The van der Waals surface area contributed by atoms with Crippen molar-refractivity contribution in [2.45, 2.75) is 0 Å². The van der Waals surface area contributed by atoms with Crippen molar-refractivity contribution < 1.29 is 63.0 Å². The van der Waals surface area contributed by atoms with E-state index in [1.807, 2.05) is 11.8 Å². The molecule has 0 spiro atoms. The Labute approximate surface area is 368 Å². The molecule has 0 saturated carbocycles. The third kappa shape index (κ3) is 10.1. The van der Waals surface area contributed by atoms with Crippen LogP contribution in [0, 0.1) is 106 Å². The number of benzene rings is 7. The molecule has 0 fully saturated rings. The summed E-state index contributed by atoms with van der Waals surface area (Å²) in [5.74, 6) is -2.25. The second kappa shape index (κ2) is 19.6. The molecular formula is C52H20F10O4. The Kier molecular flexibility index (Phi) is 13.4. The summed E-state index contributed by atoms with van der Waals surface area (Å²) in [7, 11) is 0. The Hall–Kier alpha value is -8.98. The van der Waals surface area contributed by atoms with Gasteiger partial charge in [-0.2, -0.15) is 0 Å². The van der Waals surface area contributed by atoms with Crippen LogP contribution >= 0.6 is 0 Å². The van der Waals surface area contributed by atoms with Gasteiger partial charge in [0.1, 0.15) is 22.6 Å². The summed E-state index contributed by atoms with van der Waals surface area (Å²) in [6.45, 7) is 0. The van der Waals surface area contributed by atoms with Gasteiger partial charge in [-0.05, 0) is 109 Å². The second-order valence-electron chi connectivity index (χ2n) is 13.4. The molecule has 0 aliphatic heterocycles. The quantitative estimate of drug-likeness (QED) is 0.0441. The summed E-state index contributed by atoms with van der Waals surface area (Å²) < 4.78 is 147. The number of hydrogen-bond acceptors (Lipinski definition) is 4. The van der Waals surface area contributed by atoms with Crippen molar-refractivity contribution in [3.63, 3.8) is 0 Å². The highest BCUT2D eigenvalue weighted by molar-refractivity contribution is 6.04. The summed E-state index contributed by atoms with van der Waals surface area (Å²) in [5.41, 5.74) is -0.197. The van der Waals surface area contributed by atoms with Gasteiger partial charge in [-0.25, -0.2) is 53.5 Å². The molecule has 0 heterocycles. The smallest absolute Gasteiger partial charge is 0.344 e. The standard InChI is InChI=1S/C52H20F10O4/c53-41-39(42(54)46(58)49(61)45(41)57)27-21-31-11-5-29(6-12-31)9-15-33-17-23-35(24-18-33)65-51(63)37-3-1-2-4-38(37)52(64)66-36-25-19-34(20-26-36)16-10-30-7-13-32(14-8-30)22-28-40-43(55)47(59)50(62)48(60)44(40)56/h1-8,11-14,17-20,23-26H. The first kappa shape index (κ1) is 45.1. The van der Waals surface area contributed by atoms with Crippen LogP contribution < -0.4 is 9.47 Å². The van der Waals surface area contributed by atoms with Gasteiger partial charge < -0.3 is 9.47 Å². The third-order valence-corrected chi connectivity index (χ3v) is 9.05. The van der Waals surface area contributed by atoms with E-state index in [-0.39, 0.29) is 33.8 Å². The molecule has 14 heteroatoms. The van der Waals surface area contributed by atoms with E-state index in [0.29, 0.717) is 22.3 Å². The largest absolute Gasteiger partial charge is 0.423 e. The van der Waals surface area contributed by atoms with Gasteiger partial charge in [0, 0.05) is 33.4 Å². The lowest BCUT2D eigenvalue weighted by Crippen LogP contribution is -2.17. The van der Waals surface area contributed by atoms with E-state index in [2.05, 4.69) is 35.5 Å². The van der Waals surface area contributed by atoms with Gasteiger partial charge in [0.05, 0.1) is 11.1 Å². The molecule has 0 atom stereocenters. The van der Waals surface area contributed by atoms with Crippen molar-refractivity contribution in [3.05, 3.63) is 235 Å². The van der Waals surface area contributed by atoms with E-state index < -0.39 is 81.2 Å². The van der Waals surface area contributed by atoms with Crippen LogP contribution in [0.1, 0.15) is 65.2 Å². The van der Waals surface area contributed by atoms with Crippen molar-refractivity contribution in [1.29, 1.82) is 0 Å². The van der Waals surface area contributed by atoms with Crippen LogP contribution in [0.3, 0.4) is 0 Å². The molecule has 66 heavy (non-hydrogen) atoms. The van der Waals surface area contributed by atoms with Crippen LogP contribution in [0.5, 0.6) is 11.5 Å². The Balaban J connectivity index is 0.936. The topological polar surface area (TPSA) is 52.6 Å². The number of halogens is 10. The average molecular weight is 899 g/mol. The minimum absolute atomic E-state index is 0.0798. The van der Waals surface area contributed by atoms with E-state index in [0.717, 1.165) is 0 Å². The van der Waals surface area contributed by atoms with E-state index in [9.17, 15) is 53.5 Å². The van der Waals surface area contributed by atoms with Crippen LogP contribution in [0.2, 0.25) is 0 Å². The van der Waals surface area contributed by atoms with Crippen LogP contribution in [-0.2, 0) is 0 Å². The zero-order valence-electron chi connectivity index (χ0n) is 33.0. The summed E-state index contributed by atoms with van der Waals surface area (Å²) in [4.78, 5) is 26.4. The molecule has 4 nitrogen and oxygen atoms in total. The Morgan fingerprint density at radius 2 is 0.500 bits per heavy atom. The molecule has 322 valence electrons. The van der Waals surface area contributed by atoms with Crippen molar-refractivity contribution in [2.75, 3.05) is 0 Å². The molecule has 0 N–H and O–H groups in total. The molecule has 0 bridgehead atoms. The average Bonchev–Trinajstić information content (AvgIpc) is 3.34. The molecule has 7 rings (SSSR count). The van der Waals surface area contributed by atoms with Gasteiger partial charge in [0.25, 0.3) is 0 Å². The summed E-state index contributed by atoms with van der Waals surface area (Å²) in [6.07, 6.45) is 0. The Bertz CT molecular complexity index is 3060. The molecule has 7 aromatic rings. The maximum absolute atomic E-state index is 13.9. The molecule has 0 aliphatic rings. The summed E-state index contributed by atoms with van der Waals surface area (Å²) in [6, 6.07) is 29.9. The number of ether oxygens (including phenoxy) is 2. The number of esters is 2. The molecular weight excluding hydrogens is 879 g/mol. The lowest BCUT2D eigenvalue weighted by Gasteiger charge is -2.10.